The van der Waals surface area contributed by atoms with Gasteiger partial charge in [-0.15, -0.1) is 0 Å². The molecule has 0 aliphatic heterocycles. The lowest BCUT2D eigenvalue weighted by Gasteiger charge is -2.22. The van der Waals surface area contributed by atoms with Crippen molar-refractivity contribution in [3.8, 4) is 0 Å². The Bertz CT molecular complexity index is 743. The number of nitrogens with two attached hydrogens (primary N) is 1. The number of ether oxygens (including phenoxy) is 2. The van der Waals surface area contributed by atoms with Crippen LogP contribution in [0.25, 0.3) is 10.9 Å². The Morgan fingerprint density at radius 3 is 2.54 bits per heavy atom. The van der Waals surface area contributed by atoms with Crippen LogP contribution in [0, 0.1) is 0 Å². The van der Waals surface area contributed by atoms with Crippen LogP contribution < -0.4 is 5.73 Å². The van der Waals surface area contributed by atoms with Gasteiger partial charge in [0.05, 0.1) is 7.11 Å². The summed E-state index contributed by atoms with van der Waals surface area (Å²) in [6.45, 7) is 5.81. The lowest BCUT2D eigenvalue weighted by atomic mass is 10.1. The van der Waals surface area contributed by atoms with Gasteiger partial charge in [0.25, 0.3) is 0 Å². The Morgan fingerprint density at radius 1 is 1.25 bits per heavy atom. The van der Waals surface area contributed by atoms with E-state index in [4.69, 9.17) is 15.2 Å². The van der Waals surface area contributed by atoms with Crippen molar-refractivity contribution in [3.63, 3.8) is 0 Å². The van der Waals surface area contributed by atoms with Gasteiger partial charge in [0, 0.05) is 17.4 Å². The summed E-state index contributed by atoms with van der Waals surface area (Å²) < 4.78 is 12.0. The van der Waals surface area contributed by atoms with Crippen LogP contribution in [0.3, 0.4) is 0 Å². The van der Waals surface area contributed by atoms with Crippen molar-refractivity contribution >= 4 is 22.8 Å². The maximum Gasteiger partial charge on any atom is 0.354 e. The molecule has 1 unspecified atom stereocenters. The van der Waals surface area contributed by atoms with Crippen molar-refractivity contribution in [3.05, 3.63) is 36.0 Å². The molecular weight excluding hydrogens is 308 g/mol. The van der Waals surface area contributed by atoms with Crippen LogP contribution in [0.15, 0.2) is 30.3 Å². The van der Waals surface area contributed by atoms with Crippen molar-refractivity contribution in [1.29, 1.82) is 0 Å². The third-order valence-corrected chi connectivity index (χ3v) is 3.58. The second kappa shape index (κ2) is 7.05. The van der Waals surface area contributed by atoms with E-state index in [1.165, 1.54) is 7.11 Å². The number of esters is 2. The maximum absolute atomic E-state index is 12.0. The third kappa shape index (κ3) is 4.14. The number of nitrogens with zero attached hydrogens (tertiary/aromatic N) is 1. The molecular formula is C18H24N2O4. The largest absolute Gasteiger partial charge is 0.464 e. The van der Waals surface area contributed by atoms with Gasteiger partial charge in [-0.05, 0) is 39.3 Å². The van der Waals surface area contributed by atoms with Gasteiger partial charge < -0.3 is 19.8 Å². The van der Waals surface area contributed by atoms with Gasteiger partial charge in [-0.1, -0.05) is 18.2 Å². The fourth-order valence-corrected chi connectivity index (χ4v) is 2.49. The first-order chi connectivity index (χ1) is 11.2. The lowest BCUT2D eigenvalue weighted by molar-refractivity contribution is -0.156. The summed E-state index contributed by atoms with van der Waals surface area (Å²) in [4.78, 5) is 24.0. The van der Waals surface area contributed by atoms with E-state index in [-0.39, 0.29) is 0 Å². The minimum absolute atomic E-state index is 0.359. The molecule has 2 N–H and O–H groups in total. The van der Waals surface area contributed by atoms with E-state index in [1.54, 1.807) is 26.8 Å². The molecule has 0 amide bonds. The zero-order valence-corrected chi connectivity index (χ0v) is 14.5. The van der Waals surface area contributed by atoms with Crippen LogP contribution in [0.1, 0.15) is 37.7 Å². The number of hydrogen-bond donors (Lipinski definition) is 1. The van der Waals surface area contributed by atoms with Gasteiger partial charge in [0.2, 0.25) is 0 Å². The lowest BCUT2D eigenvalue weighted by Crippen LogP contribution is -2.38. The topological polar surface area (TPSA) is 83.5 Å². The highest BCUT2D eigenvalue weighted by Gasteiger charge is 2.23. The summed E-state index contributed by atoms with van der Waals surface area (Å²) in [7, 11) is 1.34. The molecule has 2 rings (SSSR count). The fraction of sp³-hybridized carbons (Fsp3) is 0.444. The number of rotatable bonds is 5. The first-order valence-corrected chi connectivity index (χ1v) is 7.88. The molecule has 0 aliphatic carbocycles. The number of hydrogen-bond acceptors (Lipinski definition) is 5. The minimum atomic E-state index is -0.754. The molecule has 0 bridgehead atoms. The molecule has 1 aromatic carbocycles. The number of aryl methyl sites for hydroxylation is 1. The monoisotopic (exact) mass is 332 g/mol. The molecule has 0 saturated heterocycles. The van der Waals surface area contributed by atoms with Gasteiger partial charge in [-0.25, -0.2) is 4.79 Å². The second-order valence-electron chi connectivity index (χ2n) is 6.66. The highest BCUT2D eigenvalue weighted by molar-refractivity contribution is 5.95. The van der Waals surface area contributed by atoms with E-state index in [2.05, 4.69) is 0 Å². The minimum Gasteiger partial charge on any atom is -0.464 e. The SMILES string of the molecule is COC(=O)c1cc2ccccc2n1CCC(N)C(=O)OC(C)(C)C. The van der Waals surface area contributed by atoms with Crippen molar-refractivity contribution in [2.24, 2.45) is 5.73 Å². The molecule has 2 aromatic rings. The molecule has 6 nitrogen and oxygen atoms in total. The molecule has 0 fully saturated rings. The molecule has 1 aromatic heterocycles. The molecule has 1 heterocycles. The zero-order valence-electron chi connectivity index (χ0n) is 14.5. The number of carbonyl (C=O) groups is 2. The van der Waals surface area contributed by atoms with Crippen LogP contribution >= 0.6 is 0 Å². The number of fused-ring (bicyclic) bond motifs is 1. The predicted octanol–water partition coefficient (Wildman–Crippen LogP) is 2.49. The third-order valence-electron chi connectivity index (χ3n) is 3.58. The highest BCUT2D eigenvalue weighted by Crippen LogP contribution is 2.21. The van der Waals surface area contributed by atoms with Crippen LogP contribution in [-0.4, -0.2) is 35.3 Å². The van der Waals surface area contributed by atoms with Crippen LogP contribution in [-0.2, 0) is 20.8 Å². The quantitative estimate of drug-likeness (QED) is 0.851. The van der Waals surface area contributed by atoms with Crippen molar-refractivity contribution in [1.82, 2.24) is 4.57 Å². The van der Waals surface area contributed by atoms with Crippen molar-refractivity contribution in [2.75, 3.05) is 7.11 Å². The van der Waals surface area contributed by atoms with Crippen molar-refractivity contribution < 1.29 is 19.1 Å². The Morgan fingerprint density at radius 2 is 1.92 bits per heavy atom. The smallest absolute Gasteiger partial charge is 0.354 e. The average Bonchev–Trinajstić information content (AvgIpc) is 2.88. The first kappa shape index (κ1) is 18.0. The summed E-state index contributed by atoms with van der Waals surface area (Å²) in [5.74, 6) is -0.865. The predicted molar refractivity (Wildman–Crippen MR) is 91.7 cm³/mol. The van der Waals surface area contributed by atoms with Crippen LogP contribution in [0.2, 0.25) is 0 Å². The van der Waals surface area contributed by atoms with E-state index in [9.17, 15) is 9.59 Å². The molecule has 1 atom stereocenters. The van der Waals surface area contributed by atoms with Gasteiger partial charge in [-0.2, -0.15) is 0 Å². The Hall–Kier alpha value is -2.34. The zero-order chi connectivity index (χ0) is 17.9. The number of aromatic nitrogens is 1. The summed E-state index contributed by atoms with van der Waals surface area (Å²) in [5.41, 5.74) is 6.70. The van der Waals surface area contributed by atoms with Gasteiger partial charge in [0.1, 0.15) is 17.3 Å². The number of para-hydroxylation sites is 1. The average molecular weight is 332 g/mol. The summed E-state index contributed by atoms with van der Waals surface area (Å²) in [5, 5.41) is 0.934. The van der Waals surface area contributed by atoms with E-state index < -0.39 is 23.6 Å². The number of methoxy groups -OCH3 is 1. The first-order valence-electron chi connectivity index (χ1n) is 7.88. The fourth-order valence-electron chi connectivity index (χ4n) is 2.49. The number of benzene rings is 1. The summed E-state index contributed by atoms with van der Waals surface area (Å²) in [6.07, 6.45) is 0.359. The van der Waals surface area contributed by atoms with E-state index in [1.807, 2.05) is 28.8 Å². The summed E-state index contributed by atoms with van der Waals surface area (Å²) in [6, 6.07) is 8.66. The Balaban J connectivity index is 2.20. The molecule has 130 valence electrons. The van der Waals surface area contributed by atoms with Gasteiger partial charge in [0.15, 0.2) is 0 Å². The molecule has 0 saturated carbocycles. The highest BCUT2D eigenvalue weighted by atomic mass is 16.6. The summed E-state index contributed by atoms with van der Waals surface area (Å²) >= 11 is 0. The van der Waals surface area contributed by atoms with Gasteiger partial charge >= 0.3 is 11.9 Å². The number of carbonyl (C=O) groups excluding carboxylic acids is 2. The maximum atomic E-state index is 12.0. The van der Waals surface area contributed by atoms with E-state index in [0.717, 1.165) is 10.9 Å². The molecule has 0 aliphatic rings. The van der Waals surface area contributed by atoms with Gasteiger partial charge in [-0.3, -0.25) is 4.79 Å². The standard InChI is InChI=1S/C18H24N2O4/c1-18(2,3)24-16(21)13(19)9-10-20-14-8-6-5-7-12(14)11-15(20)17(22)23-4/h5-8,11,13H,9-10,19H2,1-4H3. The molecule has 0 spiro atoms. The Kier molecular flexibility index (Phi) is 5.29. The van der Waals surface area contributed by atoms with E-state index >= 15 is 0 Å². The Labute approximate surface area is 141 Å². The molecule has 24 heavy (non-hydrogen) atoms. The van der Waals surface area contributed by atoms with Crippen LogP contribution in [0.4, 0.5) is 0 Å². The van der Waals surface area contributed by atoms with Crippen LogP contribution in [0.5, 0.6) is 0 Å². The molecule has 0 radical (unpaired) electrons. The second-order valence-corrected chi connectivity index (χ2v) is 6.66. The van der Waals surface area contributed by atoms with E-state index in [0.29, 0.717) is 18.7 Å². The normalized spacial score (nSPS) is 12.9. The van der Waals surface area contributed by atoms with Crippen molar-refractivity contribution in [2.45, 2.75) is 45.4 Å². The molecule has 6 heteroatoms.